The number of aliphatic carboxylic acids is 1. The smallest absolute Gasteiger partial charge is 0.328 e. The molecule has 1 aromatic heterocycles. The van der Waals surface area contributed by atoms with Gasteiger partial charge in [-0.2, -0.15) is 0 Å². The molecule has 1 atom stereocenters. The maximum absolute atomic E-state index is 10.9. The van der Waals surface area contributed by atoms with E-state index in [9.17, 15) is 4.79 Å². The fourth-order valence-electron chi connectivity index (χ4n) is 1.06. The van der Waals surface area contributed by atoms with Crippen LogP contribution in [0, 0.1) is 0 Å². The van der Waals surface area contributed by atoms with Gasteiger partial charge in [0.2, 0.25) is 5.88 Å². The van der Waals surface area contributed by atoms with Gasteiger partial charge in [-0.25, -0.2) is 9.78 Å². The summed E-state index contributed by atoms with van der Waals surface area (Å²) in [6, 6.07) is 3.20. The maximum Gasteiger partial charge on any atom is 0.328 e. The Morgan fingerprint density at radius 2 is 2.36 bits per heavy atom. The third kappa shape index (κ3) is 1.67. The SMILES string of the molecule is COc1ncccc1[C@](C)(N)C(=O)O. The van der Waals surface area contributed by atoms with Crippen molar-refractivity contribution in [3.8, 4) is 5.88 Å². The number of carboxylic acids is 1. The number of carbonyl (C=O) groups is 1. The van der Waals surface area contributed by atoms with Gasteiger partial charge in [-0.15, -0.1) is 0 Å². The molecular formula is C9H12N2O3. The van der Waals surface area contributed by atoms with Crippen molar-refractivity contribution < 1.29 is 14.6 Å². The largest absolute Gasteiger partial charge is 0.481 e. The van der Waals surface area contributed by atoms with Crippen LogP contribution in [0.1, 0.15) is 12.5 Å². The second-order valence-corrected chi connectivity index (χ2v) is 3.07. The van der Waals surface area contributed by atoms with E-state index in [0.717, 1.165) is 0 Å². The van der Waals surface area contributed by atoms with E-state index in [4.69, 9.17) is 15.6 Å². The summed E-state index contributed by atoms with van der Waals surface area (Å²) in [5, 5.41) is 8.91. The summed E-state index contributed by atoms with van der Waals surface area (Å²) in [6.07, 6.45) is 1.51. The number of nitrogens with zero attached hydrogens (tertiary/aromatic N) is 1. The third-order valence-corrected chi connectivity index (χ3v) is 1.97. The number of ether oxygens (including phenoxy) is 1. The number of hydrogen-bond donors (Lipinski definition) is 2. The number of nitrogens with two attached hydrogens (primary N) is 1. The first kappa shape index (κ1) is 10.5. The van der Waals surface area contributed by atoms with Crippen LogP contribution in [0.3, 0.4) is 0 Å². The van der Waals surface area contributed by atoms with Gasteiger partial charge in [-0.3, -0.25) is 0 Å². The van der Waals surface area contributed by atoms with Gasteiger partial charge in [0.15, 0.2) is 0 Å². The molecule has 0 aliphatic carbocycles. The van der Waals surface area contributed by atoms with Crippen LogP contribution in [-0.4, -0.2) is 23.2 Å². The van der Waals surface area contributed by atoms with Crippen molar-refractivity contribution in [1.29, 1.82) is 0 Å². The Kier molecular flexibility index (Phi) is 2.71. The first-order valence-corrected chi connectivity index (χ1v) is 4.02. The lowest BCUT2D eigenvalue weighted by Gasteiger charge is -2.20. The molecule has 0 aliphatic heterocycles. The molecule has 0 bridgehead atoms. The predicted molar refractivity (Wildman–Crippen MR) is 50.0 cm³/mol. The van der Waals surface area contributed by atoms with E-state index in [1.807, 2.05) is 0 Å². The summed E-state index contributed by atoms with van der Waals surface area (Å²) in [7, 11) is 1.42. The van der Waals surface area contributed by atoms with Crippen LogP contribution in [0.5, 0.6) is 5.88 Å². The van der Waals surface area contributed by atoms with Gasteiger partial charge >= 0.3 is 5.97 Å². The molecule has 1 heterocycles. The van der Waals surface area contributed by atoms with E-state index >= 15 is 0 Å². The quantitative estimate of drug-likeness (QED) is 0.728. The van der Waals surface area contributed by atoms with Crippen LogP contribution >= 0.6 is 0 Å². The Morgan fingerprint density at radius 3 is 2.86 bits per heavy atom. The number of hydrogen-bond acceptors (Lipinski definition) is 4. The van der Waals surface area contributed by atoms with Gasteiger partial charge in [0.25, 0.3) is 0 Å². The van der Waals surface area contributed by atoms with Crippen LogP contribution in [0.25, 0.3) is 0 Å². The molecule has 0 amide bonds. The van der Waals surface area contributed by atoms with Crippen LogP contribution < -0.4 is 10.5 Å². The molecule has 0 spiro atoms. The maximum atomic E-state index is 10.9. The van der Waals surface area contributed by atoms with Gasteiger partial charge in [0.05, 0.1) is 7.11 Å². The first-order valence-electron chi connectivity index (χ1n) is 4.02. The lowest BCUT2D eigenvalue weighted by molar-refractivity contribution is -0.143. The van der Waals surface area contributed by atoms with Crippen molar-refractivity contribution in [2.75, 3.05) is 7.11 Å². The van der Waals surface area contributed by atoms with Crippen molar-refractivity contribution in [3.05, 3.63) is 23.9 Å². The summed E-state index contributed by atoms with van der Waals surface area (Å²) in [6.45, 7) is 1.40. The minimum atomic E-state index is -1.49. The van der Waals surface area contributed by atoms with E-state index in [-0.39, 0.29) is 5.88 Å². The summed E-state index contributed by atoms with van der Waals surface area (Å²) in [4.78, 5) is 14.8. The number of rotatable bonds is 3. The van der Waals surface area contributed by atoms with Gasteiger partial charge in [0.1, 0.15) is 5.54 Å². The van der Waals surface area contributed by atoms with Gasteiger partial charge < -0.3 is 15.6 Å². The molecule has 0 saturated heterocycles. The molecule has 1 rings (SSSR count). The highest BCUT2D eigenvalue weighted by atomic mass is 16.5. The molecule has 14 heavy (non-hydrogen) atoms. The molecule has 3 N–H and O–H groups in total. The van der Waals surface area contributed by atoms with Crippen molar-refractivity contribution in [2.24, 2.45) is 5.73 Å². The minimum Gasteiger partial charge on any atom is -0.481 e. The lowest BCUT2D eigenvalue weighted by atomic mass is 9.94. The van der Waals surface area contributed by atoms with Crippen LogP contribution in [0.4, 0.5) is 0 Å². The molecular weight excluding hydrogens is 184 g/mol. The molecule has 5 heteroatoms. The van der Waals surface area contributed by atoms with Crippen LogP contribution in [0.2, 0.25) is 0 Å². The number of aromatic nitrogens is 1. The fourth-order valence-corrected chi connectivity index (χ4v) is 1.06. The summed E-state index contributed by atoms with van der Waals surface area (Å²) in [5.41, 5.74) is 4.51. The molecule has 0 aliphatic rings. The number of pyridine rings is 1. The zero-order chi connectivity index (χ0) is 10.8. The first-order chi connectivity index (χ1) is 6.50. The van der Waals surface area contributed by atoms with Crippen molar-refractivity contribution >= 4 is 5.97 Å². The summed E-state index contributed by atoms with van der Waals surface area (Å²) < 4.78 is 4.93. The molecule has 0 aromatic carbocycles. The Bertz CT molecular complexity index is 350. The fraction of sp³-hybridized carbons (Fsp3) is 0.333. The van der Waals surface area contributed by atoms with Crippen molar-refractivity contribution in [2.45, 2.75) is 12.5 Å². The van der Waals surface area contributed by atoms with Crippen LogP contribution in [-0.2, 0) is 10.3 Å². The Labute approximate surface area is 81.5 Å². The highest BCUT2D eigenvalue weighted by molar-refractivity contribution is 5.80. The lowest BCUT2D eigenvalue weighted by Crippen LogP contribution is -2.42. The number of methoxy groups -OCH3 is 1. The zero-order valence-electron chi connectivity index (χ0n) is 8.02. The summed E-state index contributed by atoms with van der Waals surface area (Å²) >= 11 is 0. The van der Waals surface area contributed by atoms with Crippen molar-refractivity contribution in [3.63, 3.8) is 0 Å². The number of carboxylic acid groups (broad SMARTS) is 1. The minimum absolute atomic E-state index is 0.236. The van der Waals surface area contributed by atoms with Gasteiger partial charge in [0, 0.05) is 11.8 Å². The molecule has 0 radical (unpaired) electrons. The molecule has 0 fully saturated rings. The topological polar surface area (TPSA) is 85.4 Å². The third-order valence-electron chi connectivity index (χ3n) is 1.97. The van der Waals surface area contributed by atoms with E-state index in [1.54, 1.807) is 12.1 Å². The second-order valence-electron chi connectivity index (χ2n) is 3.07. The highest BCUT2D eigenvalue weighted by Crippen LogP contribution is 2.25. The Hall–Kier alpha value is -1.62. The Balaban J connectivity index is 3.24. The van der Waals surface area contributed by atoms with E-state index in [1.165, 1.54) is 20.2 Å². The zero-order valence-corrected chi connectivity index (χ0v) is 8.02. The van der Waals surface area contributed by atoms with E-state index in [0.29, 0.717) is 5.56 Å². The standard InChI is InChI=1S/C9H12N2O3/c1-9(10,8(12)13)6-4-3-5-11-7(6)14-2/h3-5H,10H2,1-2H3,(H,12,13)/t9-/m0/s1. The van der Waals surface area contributed by atoms with Crippen molar-refractivity contribution in [1.82, 2.24) is 4.98 Å². The Morgan fingerprint density at radius 1 is 1.71 bits per heavy atom. The molecule has 0 saturated carbocycles. The highest BCUT2D eigenvalue weighted by Gasteiger charge is 2.33. The van der Waals surface area contributed by atoms with Gasteiger partial charge in [-0.05, 0) is 19.1 Å². The second kappa shape index (κ2) is 3.63. The molecule has 0 unspecified atom stereocenters. The normalized spacial score (nSPS) is 14.5. The van der Waals surface area contributed by atoms with Gasteiger partial charge in [-0.1, -0.05) is 0 Å². The van der Waals surface area contributed by atoms with E-state index in [2.05, 4.69) is 4.98 Å². The molecule has 1 aromatic rings. The molecule has 76 valence electrons. The van der Waals surface area contributed by atoms with E-state index < -0.39 is 11.5 Å². The average Bonchev–Trinajstić information content (AvgIpc) is 2.17. The predicted octanol–water partition coefficient (Wildman–Crippen LogP) is 0.349. The average molecular weight is 196 g/mol. The molecule has 5 nitrogen and oxygen atoms in total. The monoisotopic (exact) mass is 196 g/mol. The van der Waals surface area contributed by atoms with Crippen LogP contribution in [0.15, 0.2) is 18.3 Å². The summed E-state index contributed by atoms with van der Waals surface area (Å²) in [5.74, 6) is -0.885.